The van der Waals surface area contributed by atoms with Crippen molar-refractivity contribution in [2.24, 2.45) is 0 Å². The van der Waals surface area contributed by atoms with Gasteiger partial charge in [-0.3, -0.25) is 10.1 Å². The van der Waals surface area contributed by atoms with Crippen molar-refractivity contribution in [1.29, 1.82) is 0 Å². The third-order valence-electron chi connectivity index (χ3n) is 2.76. The van der Waals surface area contributed by atoms with Crippen molar-refractivity contribution < 1.29 is 4.79 Å². The van der Waals surface area contributed by atoms with E-state index in [1.54, 1.807) is 11.8 Å². The number of hydrogen-bond donors (Lipinski definition) is 1. The average Bonchev–Trinajstić information content (AvgIpc) is 2.88. The van der Waals surface area contributed by atoms with Crippen molar-refractivity contribution in [3.8, 4) is 0 Å². The lowest BCUT2D eigenvalue weighted by atomic mass is 10.2. The van der Waals surface area contributed by atoms with Crippen molar-refractivity contribution in [2.75, 3.05) is 11.1 Å². The van der Waals surface area contributed by atoms with E-state index in [4.69, 9.17) is 0 Å². The van der Waals surface area contributed by atoms with Crippen LogP contribution >= 0.6 is 23.1 Å². The number of aromatic nitrogens is 1. The summed E-state index contributed by atoms with van der Waals surface area (Å²) < 4.78 is 0. The van der Waals surface area contributed by atoms with E-state index < -0.39 is 0 Å². The van der Waals surface area contributed by atoms with Crippen molar-refractivity contribution in [3.05, 3.63) is 40.9 Å². The minimum atomic E-state index is -0.109. The molecule has 0 unspecified atom stereocenters. The number of thiazole rings is 1. The Morgan fingerprint density at radius 2 is 2.05 bits per heavy atom. The minimum absolute atomic E-state index is 0.109. The molecule has 1 aromatic heterocycles. The molecule has 1 N–H and O–H groups in total. The summed E-state index contributed by atoms with van der Waals surface area (Å²) >= 11 is 3.23. The molecule has 1 heterocycles. The van der Waals surface area contributed by atoms with Gasteiger partial charge in [0.15, 0.2) is 5.13 Å². The molecule has 5 heteroatoms. The van der Waals surface area contributed by atoms with E-state index in [1.165, 1.54) is 16.2 Å². The van der Waals surface area contributed by atoms with Crippen LogP contribution in [0.1, 0.15) is 42.7 Å². The zero-order chi connectivity index (χ0) is 14.5. The maximum absolute atomic E-state index is 12.1. The lowest BCUT2D eigenvalue weighted by molar-refractivity contribution is 0.102. The largest absolute Gasteiger partial charge is 0.298 e. The summed E-state index contributed by atoms with van der Waals surface area (Å²) in [5, 5.41) is 5.49. The predicted molar refractivity (Wildman–Crippen MR) is 87.0 cm³/mol. The number of nitrogens with one attached hydrogen (secondary N) is 1. The van der Waals surface area contributed by atoms with Crippen LogP contribution in [0.4, 0.5) is 5.13 Å². The van der Waals surface area contributed by atoms with Gasteiger partial charge in [-0.1, -0.05) is 20.8 Å². The molecule has 3 nitrogen and oxygen atoms in total. The third-order valence-corrected chi connectivity index (χ3v) is 4.43. The van der Waals surface area contributed by atoms with E-state index in [9.17, 15) is 4.79 Å². The van der Waals surface area contributed by atoms with Crippen LogP contribution in [0.3, 0.4) is 0 Å². The van der Waals surface area contributed by atoms with Crippen LogP contribution in [0.5, 0.6) is 0 Å². The number of thioether (sulfide) groups is 1. The summed E-state index contributed by atoms with van der Waals surface area (Å²) in [6.07, 6.45) is 0. The normalized spacial score (nSPS) is 10.8. The third kappa shape index (κ3) is 3.84. The molecule has 0 bridgehead atoms. The van der Waals surface area contributed by atoms with Gasteiger partial charge in [0.2, 0.25) is 0 Å². The molecule has 0 fully saturated rings. The Morgan fingerprint density at radius 3 is 2.60 bits per heavy atom. The summed E-state index contributed by atoms with van der Waals surface area (Å²) in [4.78, 5) is 17.7. The molecule has 0 aliphatic carbocycles. The average molecular weight is 306 g/mol. The highest BCUT2D eigenvalue weighted by Gasteiger charge is 2.10. The molecule has 1 aromatic carbocycles. The van der Waals surface area contributed by atoms with E-state index in [-0.39, 0.29) is 5.91 Å². The molecule has 106 valence electrons. The summed E-state index contributed by atoms with van der Waals surface area (Å²) in [5.74, 6) is 1.30. The van der Waals surface area contributed by atoms with Gasteiger partial charge in [-0.25, -0.2) is 4.98 Å². The van der Waals surface area contributed by atoms with Gasteiger partial charge in [0.05, 0.1) is 5.69 Å². The smallest absolute Gasteiger partial charge is 0.257 e. The van der Waals surface area contributed by atoms with Crippen LogP contribution in [0.15, 0.2) is 34.5 Å². The maximum atomic E-state index is 12.1. The molecule has 0 saturated carbocycles. The molecule has 20 heavy (non-hydrogen) atoms. The second-order valence-corrected chi connectivity index (χ2v) is 6.84. The highest BCUT2D eigenvalue weighted by Crippen LogP contribution is 2.22. The number of amides is 1. The van der Waals surface area contributed by atoms with Gasteiger partial charge in [-0.15, -0.1) is 23.1 Å². The number of carbonyl (C=O) groups excluding carboxylic acids is 1. The number of rotatable bonds is 5. The minimum Gasteiger partial charge on any atom is -0.298 e. The SMILES string of the molecule is CCSc1ccc(C(=O)Nc2nc(C(C)C)cs2)cc1. The van der Waals surface area contributed by atoms with Gasteiger partial charge in [-0.05, 0) is 35.9 Å². The Morgan fingerprint density at radius 1 is 1.35 bits per heavy atom. The van der Waals surface area contributed by atoms with Crippen LogP contribution in [0.25, 0.3) is 0 Å². The molecule has 2 rings (SSSR count). The zero-order valence-corrected chi connectivity index (χ0v) is 13.5. The lowest BCUT2D eigenvalue weighted by Gasteiger charge is -2.03. The van der Waals surface area contributed by atoms with Gasteiger partial charge >= 0.3 is 0 Å². The van der Waals surface area contributed by atoms with Gasteiger partial charge in [0, 0.05) is 15.8 Å². The number of carbonyl (C=O) groups is 1. The molecular formula is C15H18N2OS2. The first-order chi connectivity index (χ1) is 9.60. The molecule has 0 saturated heterocycles. The first-order valence-electron chi connectivity index (χ1n) is 6.59. The number of benzene rings is 1. The van der Waals surface area contributed by atoms with Crippen LogP contribution in [-0.2, 0) is 0 Å². The van der Waals surface area contributed by atoms with Crippen LogP contribution in [0.2, 0.25) is 0 Å². The first kappa shape index (κ1) is 15.1. The highest BCUT2D eigenvalue weighted by molar-refractivity contribution is 7.99. The number of nitrogens with zero attached hydrogens (tertiary/aromatic N) is 1. The van der Waals surface area contributed by atoms with Crippen molar-refractivity contribution in [2.45, 2.75) is 31.6 Å². The van der Waals surface area contributed by atoms with E-state index in [1.807, 2.05) is 29.6 Å². The van der Waals surface area contributed by atoms with Crippen LogP contribution < -0.4 is 5.32 Å². The monoisotopic (exact) mass is 306 g/mol. The van der Waals surface area contributed by atoms with Gasteiger partial charge < -0.3 is 0 Å². The molecule has 0 radical (unpaired) electrons. The van der Waals surface area contributed by atoms with E-state index in [0.29, 0.717) is 16.6 Å². The summed E-state index contributed by atoms with van der Waals surface area (Å²) in [5.41, 5.74) is 1.67. The Kier molecular flexibility index (Phi) is 5.20. The summed E-state index contributed by atoms with van der Waals surface area (Å²) in [6.45, 7) is 6.29. The molecule has 0 aliphatic heterocycles. The molecule has 2 aromatic rings. The number of hydrogen-bond acceptors (Lipinski definition) is 4. The van der Waals surface area contributed by atoms with Gasteiger partial charge in [0.1, 0.15) is 0 Å². The van der Waals surface area contributed by atoms with Crippen molar-refractivity contribution >= 4 is 34.1 Å². The molecule has 0 atom stereocenters. The van der Waals surface area contributed by atoms with Crippen molar-refractivity contribution in [3.63, 3.8) is 0 Å². The fourth-order valence-corrected chi connectivity index (χ4v) is 3.18. The van der Waals surface area contributed by atoms with Gasteiger partial charge in [0.25, 0.3) is 5.91 Å². The molecule has 0 aliphatic rings. The maximum Gasteiger partial charge on any atom is 0.257 e. The molecule has 0 spiro atoms. The second kappa shape index (κ2) is 6.90. The van der Waals surface area contributed by atoms with Crippen LogP contribution in [-0.4, -0.2) is 16.6 Å². The predicted octanol–water partition coefficient (Wildman–Crippen LogP) is 4.63. The molecular weight excluding hydrogens is 288 g/mol. The fraction of sp³-hybridized carbons (Fsp3) is 0.333. The highest BCUT2D eigenvalue weighted by atomic mass is 32.2. The standard InChI is InChI=1S/C15H18N2OS2/c1-4-19-12-7-5-11(6-8-12)14(18)17-15-16-13(9-20-15)10(2)3/h5-10H,4H2,1-3H3,(H,16,17,18). The van der Waals surface area contributed by atoms with E-state index >= 15 is 0 Å². The summed E-state index contributed by atoms with van der Waals surface area (Å²) in [6, 6.07) is 7.66. The topological polar surface area (TPSA) is 42.0 Å². The van der Waals surface area contributed by atoms with Crippen molar-refractivity contribution in [1.82, 2.24) is 4.98 Å². The van der Waals surface area contributed by atoms with Crippen LogP contribution in [0, 0.1) is 0 Å². The number of anilines is 1. The molecule has 1 amide bonds. The lowest BCUT2D eigenvalue weighted by Crippen LogP contribution is -2.11. The Labute approximate surface area is 127 Å². The second-order valence-electron chi connectivity index (χ2n) is 4.64. The zero-order valence-electron chi connectivity index (χ0n) is 11.8. The van der Waals surface area contributed by atoms with E-state index in [2.05, 4.69) is 31.1 Å². The Balaban J connectivity index is 2.03. The Hall–Kier alpha value is -1.33. The first-order valence-corrected chi connectivity index (χ1v) is 8.46. The quantitative estimate of drug-likeness (QED) is 0.819. The fourth-order valence-electron chi connectivity index (χ4n) is 1.65. The van der Waals surface area contributed by atoms with Gasteiger partial charge in [-0.2, -0.15) is 0 Å². The Bertz CT molecular complexity index is 576. The van der Waals surface area contributed by atoms with E-state index in [0.717, 1.165) is 11.4 Å². The summed E-state index contributed by atoms with van der Waals surface area (Å²) in [7, 11) is 0.